The van der Waals surface area contributed by atoms with E-state index in [0.717, 1.165) is 47.5 Å². The number of rotatable bonds is 12. The number of nitrogens with one attached hydrogen (secondary N) is 1. The van der Waals surface area contributed by atoms with Crippen molar-refractivity contribution in [3.8, 4) is 11.5 Å². The second-order valence-electron chi connectivity index (χ2n) is 8.88. The lowest BCUT2D eigenvalue weighted by Gasteiger charge is -2.41. The van der Waals surface area contributed by atoms with E-state index in [-0.39, 0.29) is 11.8 Å². The molecule has 8 heteroatoms. The molecule has 1 heterocycles. The highest BCUT2D eigenvalue weighted by Crippen LogP contribution is 2.31. The van der Waals surface area contributed by atoms with Gasteiger partial charge in [0.2, 0.25) is 0 Å². The van der Waals surface area contributed by atoms with Crippen molar-refractivity contribution < 1.29 is 14.3 Å². The number of allylic oxidation sites excluding steroid dienone is 2. The maximum absolute atomic E-state index is 12.9. The Bertz CT molecular complexity index is 1090. The molecule has 1 saturated heterocycles. The number of ether oxygens (including phenoxy) is 2. The van der Waals surface area contributed by atoms with Gasteiger partial charge in [0.25, 0.3) is 0 Å². The first kappa shape index (κ1) is 28.1. The van der Waals surface area contributed by atoms with Gasteiger partial charge in [-0.1, -0.05) is 29.8 Å². The summed E-state index contributed by atoms with van der Waals surface area (Å²) in [7, 11) is 1.60. The molecule has 1 fully saturated rings. The molecule has 0 saturated carbocycles. The molecule has 0 radical (unpaired) electrons. The predicted octanol–water partition coefficient (Wildman–Crippen LogP) is 6.13. The van der Waals surface area contributed by atoms with Crippen molar-refractivity contribution in [2.45, 2.75) is 39.2 Å². The molecule has 2 aromatic rings. The lowest BCUT2D eigenvalue weighted by molar-refractivity contribution is -0.116. The van der Waals surface area contributed by atoms with Crippen LogP contribution in [0.1, 0.15) is 36.0 Å². The van der Waals surface area contributed by atoms with Gasteiger partial charge in [-0.05, 0) is 79.4 Å². The summed E-state index contributed by atoms with van der Waals surface area (Å²) in [6.45, 7) is 10.6. The van der Waals surface area contributed by atoms with Gasteiger partial charge in [-0.15, -0.1) is 6.58 Å². The van der Waals surface area contributed by atoms with Crippen molar-refractivity contribution in [3.63, 3.8) is 0 Å². The minimum absolute atomic E-state index is 0.0364. The summed E-state index contributed by atoms with van der Waals surface area (Å²) in [5.74, 6) is 1.54. The van der Waals surface area contributed by atoms with Gasteiger partial charge in [0.05, 0.1) is 24.8 Å². The van der Waals surface area contributed by atoms with E-state index in [1.54, 1.807) is 13.2 Å². The smallest absolute Gasteiger partial charge is 0.157 e. The molecule has 3 rings (SSSR count). The molecule has 0 amide bonds. The van der Waals surface area contributed by atoms with Crippen molar-refractivity contribution in [2.75, 3.05) is 38.3 Å². The molecule has 2 aromatic carbocycles. The average Bonchev–Trinajstić information content (AvgIpc) is 2.88. The number of anilines is 1. The summed E-state index contributed by atoms with van der Waals surface area (Å²) in [6.07, 6.45) is 7.65. The maximum atomic E-state index is 12.9. The van der Waals surface area contributed by atoms with Crippen LogP contribution >= 0.6 is 23.4 Å². The van der Waals surface area contributed by atoms with Gasteiger partial charge in [-0.3, -0.25) is 4.79 Å². The molecule has 1 atom stereocenters. The van der Waals surface area contributed by atoms with Crippen molar-refractivity contribution >= 4 is 40.9 Å². The van der Waals surface area contributed by atoms with Crippen molar-refractivity contribution in [1.82, 2.24) is 9.95 Å². The molecule has 36 heavy (non-hydrogen) atoms. The van der Waals surface area contributed by atoms with Crippen LogP contribution in [0.25, 0.3) is 6.08 Å². The molecule has 194 valence electrons. The lowest BCUT2D eigenvalue weighted by atomic mass is 10.0. The van der Waals surface area contributed by atoms with E-state index in [2.05, 4.69) is 23.3 Å². The largest absolute Gasteiger partial charge is 0.495 e. The summed E-state index contributed by atoms with van der Waals surface area (Å²) < 4.78 is 11.3. The number of halogens is 2. The topological polar surface area (TPSA) is 54.0 Å². The number of hydrogen-bond donors (Lipinski definition) is 1. The van der Waals surface area contributed by atoms with Crippen LogP contribution < -0.4 is 19.3 Å². The van der Waals surface area contributed by atoms with Crippen molar-refractivity contribution in [3.05, 3.63) is 70.8 Å². The first-order valence-corrected chi connectivity index (χ1v) is 12.9. The van der Waals surface area contributed by atoms with E-state index in [1.807, 2.05) is 54.4 Å². The van der Waals surface area contributed by atoms with Gasteiger partial charge in [0.15, 0.2) is 5.78 Å². The number of hydrazine groups is 1. The summed E-state index contributed by atoms with van der Waals surface area (Å²) in [6, 6.07) is 9.59. The number of carbonyl (C=O) groups is 1. The Morgan fingerprint density at radius 1 is 1.19 bits per heavy atom. The lowest BCUT2D eigenvalue weighted by Crippen LogP contribution is -2.56. The van der Waals surface area contributed by atoms with Crippen LogP contribution in [0.4, 0.5) is 5.69 Å². The number of nitrogens with zero attached hydrogens (tertiary/aromatic N) is 2. The zero-order valence-corrected chi connectivity index (χ0v) is 22.7. The average molecular weight is 533 g/mol. The van der Waals surface area contributed by atoms with E-state index in [4.69, 9.17) is 32.9 Å². The minimum atomic E-state index is -0.0933. The highest BCUT2D eigenvalue weighted by atomic mass is 35.5. The quantitative estimate of drug-likeness (QED) is 0.154. The molecule has 0 aliphatic carbocycles. The number of piperazine rings is 1. The predicted molar refractivity (Wildman–Crippen MR) is 149 cm³/mol. The second kappa shape index (κ2) is 13.7. The molecule has 1 aliphatic rings. The Morgan fingerprint density at radius 2 is 2.00 bits per heavy atom. The maximum Gasteiger partial charge on any atom is 0.157 e. The molecular weight excluding hydrogens is 497 g/mol. The number of hydrogen-bond acceptors (Lipinski definition) is 6. The molecule has 0 unspecified atom stereocenters. The summed E-state index contributed by atoms with van der Waals surface area (Å²) in [5, 5.41) is 2.47. The van der Waals surface area contributed by atoms with Crippen LogP contribution in [0.2, 0.25) is 5.02 Å². The molecule has 1 N–H and O–H groups in total. The van der Waals surface area contributed by atoms with E-state index in [9.17, 15) is 4.79 Å². The number of unbranched alkanes of at least 4 members (excludes halogenated alkanes) is 1. The Kier molecular flexibility index (Phi) is 10.7. The highest BCUT2D eigenvalue weighted by molar-refractivity contribution is 6.32. The third-order valence-electron chi connectivity index (χ3n) is 6.57. The van der Waals surface area contributed by atoms with Crippen LogP contribution in [-0.2, 0) is 4.79 Å². The Balaban J connectivity index is 1.65. The fourth-order valence-electron chi connectivity index (χ4n) is 4.27. The molecular formula is C28H35Cl2N3O3. The van der Waals surface area contributed by atoms with Crippen LogP contribution in [0.15, 0.2) is 49.1 Å². The van der Waals surface area contributed by atoms with Crippen LogP contribution in [0.3, 0.4) is 0 Å². The molecule has 1 aliphatic heterocycles. The van der Waals surface area contributed by atoms with Crippen LogP contribution in [0, 0.1) is 13.8 Å². The highest BCUT2D eigenvalue weighted by Gasteiger charge is 2.28. The number of ketones is 1. The SMILES string of the molecule is C=CCCCOc1ccc(/C=C/C(=O)C[C@H]2CN(c3ccc(Cl)c(OC)c3)CCN2NCl)c(C)c1C. The standard InChI is InChI=1S/C28H35Cl2N3O3/c1-5-6-7-16-36-27-13-9-22(20(2)21(27)3)8-11-25(34)17-24-19-32(14-15-33(24)31-30)23-10-12-26(29)28(18-23)35-4/h5,8-13,18,24,31H,1,6-7,14-17,19H2,2-4H3/b11-8+/t24-/m0/s1. The Labute approximate surface area is 224 Å². The zero-order chi connectivity index (χ0) is 26.1. The fourth-order valence-corrected chi connectivity index (χ4v) is 4.68. The second-order valence-corrected chi connectivity index (χ2v) is 9.46. The van der Waals surface area contributed by atoms with Gasteiger partial charge >= 0.3 is 0 Å². The number of methoxy groups -OCH3 is 1. The zero-order valence-electron chi connectivity index (χ0n) is 21.2. The van der Waals surface area contributed by atoms with E-state index in [1.165, 1.54) is 0 Å². The normalized spacial score (nSPS) is 16.4. The van der Waals surface area contributed by atoms with E-state index in [0.29, 0.717) is 36.9 Å². The Morgan fingerprint density at radius 3 is 2.72 bits per heavy atom. The summed E-state index contributed by atoms with van der Waals surface area (Å²) in [5.41, 5.74) is 4.19. The first-order valence-electron chi connectivity index (χ1n) is 12.1. The Hall–Kier alpha value is -2.51. The van der Waals surface area contributed by atoms with Gasteiger partial charge < -0.3 is 14.4 Å². The third-order valence-corrected chi connectivity index (χ3v) is 7.10. The number of carbonyl (C=O) groups excluding carboxylic acids is 1. The first-order chi connectivity index (χ1) is 17.4. The van der Waals surface area contributed by atoms with E-state index < -0.39 is 0 Å². The van der Waals surface area contributed by atoms with Gasteiger partial charge in [-0.2, -0.15) is 4.94 Å². The van der Waals surface area contributed by atoms with Gasteiger partial charge in [0.1, 0.15) is 11.5 Å². The number of benzene rings is 2. The molecule has 0 spiro atoms. The minimum Gasteiger partial charge on any atom is -0.495 e. The molecule has 0 bridgehead atoms. The van der Waals surface area contributed by atoms with Gasteiger partial charge in [-0.25, -0.2) is 5.01 Å². The fraction of sp³-hybridized carbons (Fsp3) is 0.393. The van der Waals surface area contributed by atoms with Crippen molar-refractivity contribution in [2.24, 2.45) is 0 Å². The van der Waals surface area contributed by atoms with Crippen molar-refractivity contribution in [1.29, 1.82) is 0 Å². The summed E-state index contributed by atoms with van der Waals surface area (Å²) in [4.78, 5) is 17.9. The van der Waals surface area contributed by atoms with Gasteiger partial charge in [0, 0.05) is 37.8 Å². The molecule has 6 nitrogen and oxygen atoms in total. The van der Waals surface area contributed by atoms with Crippen LogP contribution in [-0.4, -0.2) is 50.2 Å². The van der Waals surface area contributed by atoms with Crippen LogP contribution in [0.5, 0.6) is 11.5 Å². The third kappa shape index (κ3) is 7.26. The monoisotopic (exact) mass is 531 g/mol. The molecule has 0 aromatic heterocycles. The van der Waals surface area contributed by atoms with E-state index >= 15 is 0 Å². The summed E-state index contributed by atoms with van der Waals surface area (Å²) >= 11 is 12.2.